The molecule has 214 valence electrons. The maximum atomic E-state index is 14.0. The molecule has 0 bridgehead atoms. The normalized spacial score (nSPS) is 12.5. The number of carbonyl (C=O) groups excluding carboxylic acids is 2. The van der Waals surface area contributed by atoms with Crippen molar-refractivity contribution in [3.63, 3.8) is 0 Å². The SMILES string of the molecule is CC(C(=O)NC(C)(C)C)N(Cc1ccc(Cl)cc1Cl)C(=O)CN(c1ccc(Cl)cc1Cl)S(=O)(=O)c1ccccc1. The monoisotopic (exact) mass is 643 g/mol. The summed E-state index contributed by atoms with van der Waals surface area (Å²) in [5.74, 6) is -1.08. The second-order valence-electron chi connectivity index (χ2n) is 10.1. The third-order valence-corrected chi connectivity index (χ3v) is 8.71. The molecule has 0 radical (unpaired) electrons. The second-order valence-corrected chi connectivity index (χ2v) is 13.6. The maximum Gasteiger partial charge on any atom is 0.264 e. The predicted molar refractivity (Wildman–Crippen MR) is 162 cm³/mol. The number of hydrogen-bond donors (Lipinski definition) is 1. The summed E-state index contributed by atoms with van der Waals surface area (Å²) < 4.78 is 28.5. The highest BCUT2D eigenvalue weighted by atomic mass is 35.5. The number of sulfonamides is 1. The molecule has 0 spiro atoms. The molecule has 12 heteroatoms. The van der Waals surface area contributed by atoms with Gasteiger partial charge in [0.1, 0.15) is 12.6 Å². The zero-order chi connectivity index (χ0) is 29.8. The van der Waals surface area contributed by atoms with Gasteiger partial charge in [0.15, 0.2) is 0 Å². The fourth-order valence-corrected chi connectivity index (χ4v) is 6.29. The summed E-state index contributed by atoms with van der Waals surface area (Å²) in [6, 6.07) is 15.8. The molecule has 3 aromatic carbocycles. The fraction of sp³-hybridized carbons (Fsp3) is 0.286. The Bertz CT molecular complexity index is 1500. The Balaban J connectivity index is 2.08. The molecular formula is C28H29Cl4N3O4S. The van der Waals surface area contributed by atoms with Crippen LogP contribution in [0.5, 0.6) is 0 Å². The van der Waals surface area contributed by atoms with Crippen LogP contribution in [0.1, 0.15) is 33.3 Å². The molecule has 3 rings (SSSR count). The van der Waals surface area contributed by atoms with Gasteiger partial charge >= 0.3 is 0 Å². The van der Waals surface area contributed by atoms with E-state index in [1.807, 2.05) is 20.8 Å². The van der Waals surface area contributed by atoms with Crippen molar-refractivity contribution in [1.29, 1.82) is 0 Å². The molecule has 0 aromatic heterocycles. The van der Waals surface area contributed by atoms with Crippen molar-refractivity contribution in [1.82, 2.24) is 10.2 Å². The van der Waals surface area contributed by atoms with Crippen LogP contribution in [0, 0.1) is 0 Å². The zero-order valence-corrected chi connectivity index (χ0v) is 26.1. The maximum absolute atomic E-state index is 14.0. The van der Waals surface area contributed by atoms with E-state index >= 15 is 0 Å². The molecule has 0 fully saturated rings. The molecule has 1 unspecified atom stereocenters. The van der Waals surface area contributed by atoms with Crippen LogP contribution in [-0.4, -0.2) is 43.3 Å². The molecule has 7 nitrogen and oxygen atoms in total. The topological polar surface area (TPSA) is 86.8 Å². The van der Waals surface area contributed by atoms with Crippen molar-refractivity contribution in [2.75, 3.05) is 10.8 Å². The lowest BCUT2D eigenvalue weighted by Crippen LogP contribution is -2.54. The number of carbonyl (C=O) groups is 2. The molecule has 0 aliphatic rings. The van der Waals surface area contributed by atoms with E-state index < -0.39 is 40.0 Å². The molecule has 3 aromatic rings. The highest BCUT2D eigenvalue weighted by molar-refractivity contribution is 7.92. The van der Waals surface area contributed by atoms with Crippen molar-refractivity contribution < 1.29 is 18.0 Å². The predicted octanol–water partition coefficient (Wildman–Crippen LogP) is 6.83. The first-order chi connectivity index (χ1) is 18.6. The van der Waals surface area contributed by atoms with Crippen LogP contribution >= 0.6 is 46.4 Å². The number of benzene rings is 3. The molecule has 0 aliphatic carbocycles. The Morgan fingerprint density at radius 1 is 0.875 bits per heavy atom. The van der Waals surface area contributed by atoms with Crippen LogP contribution in [0.2, 0.25) is 20.1 Å². The van der Waals surface area contributed by atoms with Gasteiger partial charge in [0.05, 0.1) is 15.6 Å². The van der Waals surface area contributed by atoms with Crippen LogP contribution in [0.25, 0.3) is 0 Å². The van der Waals surface area contributed by atoms with E-state index in [1.54, 1.807) is 37.3 Å². The number of hydrogen-bond acceptors (Lipinski definition) is 4. The lowest BCUT2D eigenvalue weighted by molar-refractivity contribution is -0.140. The minimum Gasteiger partial charge on any atom is -0.350 e. The summed E-state index contributed by atoms with van der Waals surface area (Å²) in [7, 11) is -4.27. The van der Waals surface area contributed by atoms with Gasteiger partial charge in [0.2, 0.25) is 11.8 Å². The molecular weight excluding hydrogens is 616 g/mol. The summed E-state index contributed by atoms with van der Waals surface area (Å²) in [6.45, 7) is 6.27. The minimum atomic E-state index is -4.27. The first-order valence-corrected chi connectivity index (χ1v) is 15.1. The Labute approximate surface area is 255 Å². The average Bonchev–Trinajstić information content (AvgIpc) is 2.86. The van der Waals surface area contributed by atoms with Crippen molar-refractivity contribution in [2.24, 2.45) is 0 Å². The first kappa shape index (κ1) is 32.0. The van der Waals surface area contributed by atoms with Gasteiger partial charge in [-0.2, -0.15) is 0 Å². The van der Waals surface area contributed by atoms with Crippen LogP contribution in [-0.2, 0) is 26.2 Å². The average molecular weight is 645 g/mol. The number of halogens is 4. The summed E-state index contributed by atoms with van der Waals surface area (Å²) in [5.41, 5.74) is 0.00803. The standard InChI is InChI=1S/C28H29Cl4N3O4S/c1-18(27(37)33-28(2,3)4)34(16-19-10-11-20(29)14-23(19)31)26(36)17-35(25-13-12-21(30)15-24(25)32)40(38,39)22-8-6-5-7-9-22/h5-15,18H,16-17H2,1-4H3,(H,33,37). The number of anilines is 1. The summed E-state index contributed by atoms with van der Waals surface area (Å²) >= 11 is 24.9. The van der Waals surface area contributed by atoms with Crippen molar-refractivity contribution in [3.8, 4) is 0 Å². The van der Waals surface area contributed by atoms with E-state index in [0.29, 0.717) is 20.6 Å². The summed E-state index contributed by atoms with van der Waals surface area (Å²) in [4.78, 5) is 28.4. The van der Waals surface area contributed by atoms with Crippen molar-refractivity contribution in [3.05, 3.63) is 92.4 Å². The summed E-state index contributed by atoms with van der Waals surface area (Å²) in [5, 5.41) is 3.89. The zero-order valence-electron chi connectivity index (χ0n) is 22.3. The Kier molecular flexibility index (Phi) is 10.4. The van der Waals surface area contributed by atoms with Crippen molar-refractivity contribution >= 4 is 73.9 Å². The highest BCUT2D eigenvalue weighted by Crippen LogP contribution is 2.33. The van der Waals surface area contributed by atoms with Crippen LogP contribution in [0.4, 0.5) is 5.69 Å². The highest BCUT2D eigenvalue weighted by Gasteiger charge is 2.34. The van der Waals surface area contributed by atoms with E-state index in [4.69, 9.17) is 46.4 Å². The van der Waals surface area contributed by atoms with Crippen LogP contribution in [0.15, 0.2) is 71.6 Å². The Morgan fingerprint density at radius 3 is 2.00 bits per heavy atom. The Hall–Kier alpha value is -2.49. The van der Waals surface area contributed by atoms with Gasteiger partial charge in [0.25, 0.3) is 10.0 Å². The number of nitrogens with one attached hydrogen (secondary N) is 1. The number of nitrogens with zero attached hydrogens (tertiary/aromatic N) is 2. The van der Waals surface area contributed by atoms with E-state index in [1.165, 1.54) is 41.3 Å². The molecule has 0 saturated heterocycles. The van der Waals surface area contributed by atoms with Gasteiger partial charge in [-0.15, -0.1) is 0 Å². The molecule has 1 atom stereocenters. The van der Waals surface area contributed by atoms with Gasteiger partial charge < -0.3 is 10.2 Å². The lowest BCUT2D eigenvalue weighted by atomic mass is 10.1. The van der Waals surface area contributed by atoms with E-state index in [2.05, 4.69) is 5.32 Å². The molecule has 0 saturated carbocycles. The fourth-order valence-electron chi connectivity index (χ4n) is 3.81. The molecule has 1 N–H and O–H groups in total. The van der Waals surface area contributed by atoms with Gasteiger partial charge in [0, 0.05) is 27.2 Å². The quantitative estimate of drug-likeness (QED) is 0.277. The van der Waals surface area contributed by atoms with Crippen molar-refractivity contribution in [2.45, 2.75) is 50.7 Å². The molecule has 2 amide bonds. The number of amides is 2. The van der Waals surface area contributed by atoms with Gasteiger partial charge in [-0.05, 0) is 75.7 Å². The Morgan fingerprint density at radius 2 is 1.45 bits per heavy atom. The summed E-state index contributed by atoms with van der Waals surface area (Å²) in [6.07, 6.45) is 0. The van der Waals surface area contributed by atoms with Crippen LogP contribution < -0.4 is 9.62 Å². The van der Waals surface area contributed by atoms with E-state index in [0.717, 1.165) is 4.31 Å². The molecule has 0 aliphatic heterocycles. The lowest BCUT2D eigenvalue weighted by Gasteiger charge is -2.33. The number of rotatable bonds is 9. The largest absolute Gasteiger partial charge is 0.350 e. The molecule has 0 heterocycles. The second kappa shape index (κ2) is 13.0. The van der Waals surface area contributed by atoms with Crippen LogP contribution in [0.3, 0.4) is 0 Å². The van der Waals surface area contributed by atoms with Gasteiger partial charge in [-0.3, -0.25) is 13.9 Å². The first-order valence-electron chi connectivity index (χ1n) is 12.2. The third-order valence-electron chi connectivity index (χ3n) is 5.81. The smallest absolute Gasteiger partial charge is 0.264 e. The van der Waals surface area contributed by atoms with Gasteiger partial charge in [-0.25, -0.2) is 8.42 Å². The molecule has 40 heavy (non-hydrogen) atoms. The van der Waals surface area contributed by atoms with Gasteiger partial charge in [-0.1, -0.05) is 70.7 Å². The third kappa shape index (κ3) is 8.04. The minimum absolute atomic E-state index is 0.0330. The van der Waals surface area contributed by atoms with E-state index in [-0.39, 0.29) is 22.2 Å². The van der Waals surface area contributed by atoms with E-state index in [9.17, 15) is 18.0 Å².